The van der Waals surface area contributed by atoms with Crippen molar-refractivity contribution in [1.29, 1.82) is 0 Å². The summed E-state index contributed by atoms with van der Waals surface area (Å²) >= 11 is 7.24. The zero-order chi connectivity index (χ0) is 22.8. The molecule has 3 N–H and O–H groups in total. The number of urea groups is 1. The Morgan fingerprint density at radius 2 is 1.68 bits per heavy atom. The first-order valence-corrected chi connectivity index (χ1v) is 10.9. The molecule has 0 aliphatic rings. The van der Waals surface area contributed by atoms with E-state index in [0.717, 1.165) is 11.3 Å². The molecule has 162 valence electrons. The number of amides is 3. The van der Waals surface area contributed by atoms with E-state index in [1.807, 2.05) is 28.8 Å². The number of primary amides is 1. The molecule has 0 saturated carbocycles. The lowest BCUT2D eigenvalue weighted by atomic mass is 9.87. The van der Waals surface area contributed by atoms with Crippen LogP contribution in [0.2, 0.25) is 5.02 Å². The molecular weight excluding hydrogens is 434 g/mol. The number of imide groups is 1. The summed E-state index contributed by atoms with van der Waals surface area (Å²) in [5, 5.41) is 11.3. The molecule has 0 aliphatic heterocycles. The Morgan fingerprint density at radius 3 is 2.23 bits per heavy atom. The van der Waals surface area contributed by atoms with E-state index in [2.05, 4.69) is 48.4 Å². The third-order valence-corrected chi connectivity index (χ3v) is 5.92. The summed E-state index contributed by atoms with van der Waals surface area (Å²) in [7, 11) is 0. The average molecular weight is 458 g/mol. The molecule has 2 aromatic carbocycles. The van der Waals surface area contributed by atoms with Gasteiger partial charge in [0.1, 0.15) is 0 Å². The zero-order valence-corrected chi connectivity index (χ0v) is 19.3. The molecule has 0 radical (unpaired) electrons. The van der Waals surface area contributed by atoms with Crippen LogP contribution in [0.5, 0.6) is 0 Å². The maximum absolute atomic E-state index is 12.2. The predicted molar refractivity (Wildman–Crippen MR) is 124 cm³/mol. The van der Waals surface area contributed by atoms with Gasteiger partial charge in [-0.2, -0.15) is 0 Å². The number of thioether (sulfide) groups is 1. The van der Waals surface area contributed by atoms with Gasteiger partial charge in [0.25, 0.3) is 0 Å². The monoisotopic (exact) mass is 457 g/mol. The predicted octanol–water partition coefficient (Wildman–Crippen LogP) is 4.56. The van der Waals surface area contributed by atoms with Crippen molar-refractivity contribution in [3.05, 3.63) is 59.1 Å². The molecule has 3 rings (SSSR count). The van der Waals surface area contributed by atoms with Crippen molar-refractivity contribution in [1.82, 2.24) is 20.1 Å². The number of carbonyl (C=O) groups excluding carboxylic acids is 2. The van der Waals surface area contributed by atoms with Crippen LogP contribution >= 0.6 is 23.4 Å². The van der Waals surface area contributed by atoms with Crippen molar-refractivity contribution in [2.45, 2.75) is 43.5 Å². The summed E-state index contributed by atoms with van der Waals surface area (Å²) in [5.41, 5.74) is 7.99. The SMILES string of the molecule is CC(Sc1nnc(-c2ccc(C(C)(C)C)cc2)n1-c1ccc(Cl)cc1)C(=O)NC(N)=O. The number of rotatable bonds is 5. The van der Waals surface area contributed by atoms with Crippen LogP contribution in [0.1, 0.15) is 33.3 Å². The molecule has 1 atom stereocenters. The van der Waals surface area contributed by atoms with E-state index in [1.54, 1.807) is 19.1 Å². The fraction of sp³-hybridized carbons (Fsp3) is 0.273. The summed E-state index contributed by atoms with van der Waals surface area (Å²) in [4.78, 5) is 23.2. The van der Waals surface area contributed by atoms with Gasteiger partial charge in [0, 0.05) is 16.3 Å². The van der Waals surface area contributed by atoms with E-state index in [9.17, 15) is 9.59 Å². The molecule has 9 heteroatoms. The Labute approximate surface area is 190 Å². The van der Waals surface area contributed by atoms with Gasteiger partial charge in [0.2, 0.25) is 5.91 Å². The molecule has 0 fully saturated rings. The van der Waals surface area contributed by atoms with Gasteiger partial charge >= 0.3 is 6.03 Å². The maximum Gasteiger partial charge on any atom is 0.318 e. The highest BCUT2D eigenvalue weighted by atomic mass is 35.5. The molecule has 0 aliphatic carbocycles. The van der Waals surface area contributed by atoms with Crippen molar-refractivity contribution in [3.63, 3.8) is 0 Å². The first-order valence-electron chi connectivity index (χ1n) is 9.65. The highest BCUT2D eigenvalue weighted by Gasteiger charge is 2.23. The second kappa shape index (κ2) is 9.11. The van der Waals surface area contributed by atoms with E-state index in [1.165, 1.54) is 17.3 Å². The molecule has 1 heterocycles. The van der Waals surface area contributed by atoms with E-state index in [-0.39, 0.29) is 5.41 Å². The number of aromatic nitrogens is 3. The Morgan fingerprint density at radius 1 is 1.06 bits per heavy atom. The van der Waals surface area contributed by atoms with Gasteiger partial charge in [-0.1, -0.05) is 68.4 Å². The second-order valence-electron chi connectivity index (χ2n) is 8.06. The van der Waals surface area contributed by atoms with Crippen LogP contribution in [0.15, 0.2) is 53.7 Å². The third kappa shape index (κ3) is 5.45. The fourth-order valence-electron chi connectivity index (χ4n) is 2.91. The van der Waals surface area contributed by atoms with Crippen molar-refractivity contribution in [3.8, 4) is 17.1 Å². The lowest BCUT2D eigenvalue weighted by molar-refractivity contribution is -0.119. The fourth-order valence-corrected chi connectivity index (χ4v) is 3.90. The van der Waals surface area contributed by atoms with E-state index in [0.29, 0.717) is 16.0 Å². The first-order chi connectivity index (χ1) is 14.6. The highest BCUT2D eigenvalue weighted by Crippen LogP contribution is 2.32. The number of hydrogen-bond acceptors (Lipinski definition) is 5. The minimum atomic E-state index is -0.892. The summed E-state index contributed by atoms with van der Waals surface area (Å²) < 4.78 is 1.86. The Kier molecular flexibility index (Phi) is 6.71. The summed E-state index contributed by atoms with van der Waals surface area (Å²) in [6.07, 6.45) is 0. The van der Waals surface area contributed by atoms with Gasteiger partial charge in [0.15, 0.2) is 11.0 Å². The normalized spacial score (nSPS) is 12.4. The average Bonchev–Trinajstić information content (AvgIpc) is 3.11. The van der Waals surface area contributed by atoms with Crippen molar-refractivity contribution >= 4 is 35.3 Å². The van der Waals surface area contributed by atoms with Crippen LogP contribution in [-0.4, -0.2) is 32.0 Å². The number of carbonyl (C=O) groups is 2. The molecule has 1 aromatic heterocycles. The number of nitrogens with zero attached hydrogens (tertiary/aromatic N) is 3. The Bertz CT molecular complexity index is 1090. The molecule has 3 amide bonds. The van der Waals surface area contributed by atoms with Crippen LogP contribution in [-0.2, 0) is 10.2 Å². The highest BCUT2D eigenvalue weighted by molar-refractivity contribution is 8.00. The number of hydrogen-bond donors (Lipinski definition) is 2. The van der Waals surface area contributed by atoms with Crippen molar-refractivity contribution < 1.29 is 9.59 Å². The molecule has 7 nitrogen and oxygen atoms in total. The van der Waals surface area contributed by atoms with E-state index < -0.39 is 17.2 Å². The Hall–Kier alpha value is -2.84. The molecule has 3 aromatic rings. The van der Waals surface area contributed by atoms with Crippen molar-refractivity contribution in [2.24, 2.45) is 5.73 Å². The molecule has 0 bridgehead atoms. The summed E-state index contributed by atoms with van der Waals surface area (Å²) in [6, 6.07) is 14.5. The second-order valence-corrected chi connectivity index (χ2v) is 9.80. The zero-order valence-electron chi connectivity index (χ0n) is 17.7. The maximum atomic E-state index is 12.2. The van der Waals surface area contributed by atoms with Crippen molar-refractivity contribution in [2.75, 3.05) is 0 Å². The third-order valence-electron chi connectivity index (χ3n) is 4.63. The number of halogens is 1. The molecule has 31 heavy (non-hydrogen) atoms. The molecule has 0 spiro atoms. The largest absolute Gasteiger partial charge is 0.351 e. The topological polar surface area (TPSA) is 103 Å². The van der Waals surface area contributed by atoms with Crippen LogP contribution in [0, 0.1) is 0 Å². The van der Waals surface area contributed by atoms with Crippen LogP contribution < -0.4 is 11.1 Å². The quantitative estimate of drug-likeness (QED) is 0.546. The molecule has 1 unspecified atom stereocenters. The number of nitrogens with two attached hydrogens (primary N) is 1. The van der Waals surface area contributed by atoms with Gasteiger partial charge in [0.05, 0.1) is 5.25 Å². The smallest absolute Gasteiger partial charge is 0.318 e. The van der Waals surface area contributed by atoms with Gasteiger partial charge in [-0.15, -0.1) is 10.2 Å². The van der Waals surface area contributed by atoms with Crippen LogP contribution in [0.3, 0.4) is 0 Å². The standard InChI is InChI=1S/C22H24ClN5O2S/c1-13(19(29)25-20(24)30)31-21-27-26-18(28(21)17-11-9-16(23)10-12-17)14-5-7-15(8-6-14)22(2,3)4/h5-13H,1-4H3,(H3,24,25,29,30). The number of nitrogens with one attached hydrogen (secondary N) is 1. The lowest BCUT2D eigenvalue weighted by Crippen LogP contribution is -2.39. The summed E-state index contributed by atoms with van der Waals surface area (Å²) in [6.45, 7) is 8.14. The van der Waals surface area contributed by atoms with Gasteiger partial charge in [-0.05, 0) is 42.2 Å². The minimum absolute atomic E-state index is 0.0343. The van der Waals surface area contributed by atoms with Crippen LogP contribution in [0.4, 0.5) is 4.79 Å². The van der Waals surface area contributed by atoms with Gasteiger partial charge < -0.3 is 5.73 Å². The van der Waals surface area contributed by atoms with Crippen LogP contribution in [0.25, 0.3) is 17.1 Å². The first kappa shape index (κ1) is 22.8. The number of benzene rings is 2. The summed E-state index contributed by atoms with van der Waals surface area (Å²) in [5.74, 6) is 0.132. The van der Waals surface area contributed by atoms with E-state index >= 15 is 0 Å². The Balaban J connectivity index is 2.03. The van der Waals surface area contributed by atoms with Gasteiger partial charge in [-0.3, -0.25) is 14.7 Å². The van der Waals surface area contributed by atoms with E-state index in [4.69, 9.17) is 17.3 Å². The molecule has 0 saturated heterocycles. The molecular formula is C22H24ClN5O2S. The lowest BCUT2D eigenvalue weighted by Gasteiger charge is -2.19. The van der Waals surface area contributed by atoms with Gasteiger partial charge in [-0.25, -0.2) is 4.79 Å². The minimum Gasteiger partial charge on any atom is -0.351 e.